The Morgan fingerprint density at radius 1 is 0.481 bits per heavy atom. The molecule has 3 N–H and O–H groups in total. The molecule has 3 amide bonds. The maximum atomic E-state index is 11.1. The number of hydrogen-bond acceptors (Lipinski definition) is 3. The van der Waals surface area contributed by atoms with E-state index in [1.807, 2.05) is 54.6 Å². The Bertz CT molecular complexity index is 1040. The maximum Gasteiger partial charge on any atom is 0.211 e. The SMILES string of the molecule is O=CNc1cccc2c1c1cccc(NC=O)c1c1cccc(NC=O)c21. The van der Waals surface area contributed by atoms with Crippen molar-refractivity contribution in [3.05, 3.63) is 54.6 Å². The molecule has 0 aromatic heterocycles. The van der Waals surface area contributed by atoms with Crippen molar-refractivity contribution in [1.29, 1.82) is 0 Å². The van der Waals surface area contributed by atoms with Crippen LogP contribution in [0, 0.1) is 0 Å². The van der Waals surface area contributed by atoms with Gasteiger partial charge in [0, 0.05) is 33.2 Å². The largest absolute Gasteiger partial charge is 0.328 e. The Hall–Kier alpha value is -3.93. The summed E-state index contributed by atoms with van der Waals surface area (Å²) < 4.78 is 0. The highest BCUT2D eigenvalue weighted by atomic mass is 16.1. The second kappa shape index (κ2) is 6.76. The van der Waals surface area contributed by atoms with Crippen molar-refractivity contribution < 1.29 is 14.4 Å². The smallest absolute Gasteiger partial charge is 0.211 e. The molecule has 0 fully saturated rings. The maximum absolute atomic E-state index is 11.1. The lowest BCUT2D eigenvalue weighted by Crippen LogP contribution is -2.00. The number of carbonyl (C=O) groups is 3. The molecule has 0 unspecified atom stereocenters. The van der Waals surface area contributed by atoms with E-state index < -0.39 is 0 Å². The number of anilines is 3. The molecule has 0 heterocycles. The summed E-state index contributed by atoms with van der Waals surface area (Å²) in [4.78, 5) is 33.4. The van der Waals surface area contributed by atoms with E-state index >= 15 is 0 Å². The summed E-state index contributed by atoms with van der Waals surface area (Å²) >= 11 is 0. The molecule has 0 bridgehead atoms. The molecule has 132 valence electrons. The molecule has 6 nitrogen and oxygen atoms in total. The molecule has 4 rings (SSSR count). The van der Waals surface area contributed by atoms with E-state index in [9.17, 15) is 14.4 Å². The van der Waals surface area contributed by atoms with E-state index in [1.54, 1.807) is 0 Å². The van der Waals surface area contributed by atoms with E-state index in [2.05, 4.69) is 16.0 Å². The minimum absolute atomic E-state index is 0.633. The van der Waals surface area contributed by atoms with Crippen LogP contribution in [0.3, 0.4) is 0 Å². The first-order valence-electron chi connectivity index (χ1n) is 8.31. The number of amides is 3. The van der Waals surface area contributed by atoms with E-state index in [4.69, 9.17) is 0 Å². The molecule has 4 aromatic rings. The van der Waals surface area contributed by atoms with Crippen LogP contribution in [0.2, 0.25) is 0 Å². The van der Waals surface area contributed by atoms with Crippen molar-refractivity contribution in [1.82, 2.24) is 0 Å². The molecule has 0 aliphatic rings. The van der Waals surface area contributed by atoms with E-state index in [-0.39, 0.29) is 0 Å². The van der Waals surface area contributed by atoms with Crippen molar-refractivity contribution in [2.75, 3.05) is 16.0 Å². The zero-order valence-corrected chi connectivity index (χ0v) is 14.2. The van der Waals surface area contributed by atoms with Crippen LogP contribution < -0.4 is 16.0 Å². The molecule has 6 heteroatoms. The van der Waals surface area contributed by atoms with Gasteiger partial charge >= 0.3 is 0 Å². The van der Waals surface area contributed by atoms with Gasteiger partial charge in [0.1, 0.15) is 0 Å². The summed E-state index contributed by atoms with van der Waals surface area (Å²) in [5, 5.41) is 13.4. The molecule has 4 aromatic carbocycles. The van der Waals surface area contributed by atoms with Crippen molar-refractivity contribution >= 4 is 68.6 Å². The first-order chi connectivity index (χ1) is 13.3. The van der Waals surface area contributed by atoms with Gasteiger partial charge in [0.25, 0.3) is 0 Å². The molecule has 0 saturated carbocycles. The Morgan fingerprint density at radius 3 is 1.04 bits per heavy atom. The molecule has 0 aliphatic carbocycles. The summed E-state index contributed by atoms with van der Waals surface area (Å²) in [5.41, 5.74) is 1.95. The van der Waals surface area contributed by atoms with Crippen molar-refractivity contribution in [2.45, 2.75) is 0 Å². The second-order valence-corrected chi connectivity index (χ2v) is 5.97. The standard InChI is InChI=1S/C21H15N3O3/c25-10-22-16-7-1-4-13-19(16)14-5-2-9-18(24-12-27)21(14)15-6-3-8-17(20(13)15)23-11-26/h1-12H,(H,22,25)(H,23,26)(H,24,27). The van der Waals surface area contributed by atoms with Gasteiger partial charge < -0.3 is 16.0 Å². The van der Waals surface area contributed by atoms with E-state index in [0.29, 0.717) is 36.3 Å². The van der Waals surface area contributed by atoms with Crippen LogP contribution in [-0.4, -0.2) is 19.2 Å². The van der Waals surface area contributed by atoms with Crippen molar-refractivity contribution in [3.63, 3.8) is 0 Å². The highest BCUT2D eigenvalue weighted by molar-refractivity contribution is 6.33. The first kappa shape index (κ1) is 16.5. The lowest BCUT2D eigenvalue weighted by molar-refractivity contribution is -0.106. The lowest BCUT2D eigenvalue weighted by atomic mass is 9.91. The fourth-order valence-electron chi connectivity index (χ4n) is 3.70. The van der Waals surface area contributed by atoms with Gasteiger partial charge in [0.15, 0.2) is 0 Å². The van der Waals surface area contributed by atoms with Crippen LogP contribution in [-0.2, 0) is 14.4 Å². The van der Waals surface area contributed by atoms with Crippen LogP contribution in [0.25, 0.3) is 32.3 Å². The number of nitrogens with one attached hydrogen (secondary N) is 3. The van der Waals surface area contributed by atoms with Crippen molar-refractivity contribution in [2.24, 2.45) is 0 Å². The molecular formula is C21H15N3O3. The summed E-state index contributed by atoms with van der Waals surface area (Å²) in [6.07, 6.45) is 1.90. The zero-order chi connectivity index (χ0) is 18.8. The van der Waals surface area contributed by atoms with Gasteiger partial charge in [0.2, 0.25) is 19.2 Å². The monoisotopic (exact) mass is 357 g/mol. The van der Waals surface area contributed by atoms with Crippen molar-refractivity contribution in [3.8, 4) is 0 Å². The van der Waals surface area contributed by atoms with Gasteiger partial charge in [-0.3, -0.25) is 14.4 Å². The van der Waals surface area contributed by atoms with Gasteiger partial charge in [-0.05, 0) is 34.4 Å². The number of hydrogen-bond donors (Lipinski definition) is 3. The fourth-order valence-corrected chi connectivity index (χ4v) is 3.70. The van der Waals surface area contributed by atoms with Crippen LogP contribution in [0.15, 0.2) is 54.6 Å². The minimum Gasteiger partial charge on any atom is -0.328 e. The minimum atomic E-state index is 0.633. The molecule has 27 heavy (non-hydrogen) atoms. The highest BCUT2D eigenvalue weighted by Crippen LogP contribution is 2.43. The van der Waals surface area contributed by atoms with Crippen LogP contribution in [0.5, 0.6) is 0 Å². The number of fused-ring (bicyclic) bond motifs is 6. The van der Waals surface area contributed by atoms with Gasteiger partial charge in [0.05, 0.1) is 0 Å². The molecule has 0 aliphatic heterocycles. The highest BCUT2D eigenvalue weighted by Gasteiger charge is 2.16. The third kappa shape index (κ3) is 2.55. The third-order valence-corrected chi connectivity index (χ3v) is 4.64. The first-order valence-corrected chi connectivity index (χ1v) is 8.31. The molecule has 0 spiro atoms. The summed E-state index contributed by atoms with van der Waals surface area (Å²) in [5.74, 6) is 0. The summed E-state index contributed by atoms with van der Waals surface area (Å²) in [6.45, 7) is 0. The van der Waals surface area contributed by atoms with Gasteiger partial charge in [-0.2, -0.15) is 0 Å². The van der Waals surface area contributed by atoms with Crippen LogP contribution in [0.1, 0.15) is 0 Å². The number of benzene rings is 4. The normalized spacial score (nSPS) is 10.7. The predicted molar refractivity (Wildman–Crippen MR) is 108 cm³/mol. The second-order valence-electron chi connectivity index (χ2n) is 5.97. The van der Waals surface area contributed by atoms with Gasteiger partial charge in [-0.15, -0.1) is 0 Å². The predicted octanol–water partition coefficient (Wildman–Crippen LogP) is 3.85. The number of carbonyl (C=O) groups excluding carboxylic acids is 3. The molecular weight excluding hydrogens is 342 g/mol. The molecule has 0 radical (unpaired) electrons. The number of rotatable bonds is 6. The summed E-state index contributed by atoms with van der Waals surface area (Å²) in [6, 6.07) is 16.8. The quantitative estimate of drug-likeness (QED) is 0.362. The third-order valence-electron chi connectivity index (χ3n) is 4.64. The zero-order valence-electron chi connectivity index (χ0n) is 14.2. The van der Waals surface area contributed by atoms with Crippen LogP contribution >= 0.6 is 0 Å². The fraction of sp³-hybridized carbons (Fsp3) is 0. The molecule has 0 saturated heterocycles. The Kier molecular flexibility index (Phi) is 4.14. The van der Waals surface area contributed by atoms with Crippen LogP contribution in [0.4, 0.5) is 17.1 Å². The van der Waals surface area contributed by atoms with Gasteiger partial charge in [-0.1, -0.05) is 36.4 Å². The molecule has 0 atom stereocenters. The average molecular weight is 357 g/mol. The Balaban J connectivity index is 2.34. The van der Waals surface area contributed by atoms with E-state index in [0.717, 1.165) is 32.3 Å². The average Bonchev–Trinajstić information content (AvgIpc) is 2.69. The lowest BCUT2D eigenvalue weighted by Gasteiger charge is -2.17. The van der Waals surface area contributed by atoms with E-state index in [1.165, 1.54) is 0 Å². The Labute approximate surface area is 154 Å². The van der Waals surface area contributed by atoms with Gasteiger partial charge in [-0.25, -0.2) is 0 Å². The topological polar surface area (TPSA) is 87.3 Å². The summed E-state index contributed by atoms with van der Waals surface area (Å²) in [7, 11) is 0. The Morgan fingerprint density at radius 2 is 0.778 bits per heavy atom.